The van der Waals surface area contributed by atoms with E-state index in [1.807, 2.05) is 5.32 Å². The van der Waals surface area contributed by atoms with Crippen LogP contribution in [0.2, 0.25) is 0 Å². The van der Waals surface area contributed by atoms with Crippen LogP contribution in [0, 0.1) is 11.6 Å². The van der Waals surface area contributed by atoms with Crippen molar-refractivity contribution >= 4 is 29.1 Å². The number of halogens is 2. The zero-order chi connectivity index (χ0) is 17.7. The van der Waals surface area contributed by atoms with E-state index in [9.17, 15) is 18.4 Å². The number of rotatable bonds is 5. The molecule has 2 amide bonds. The Morgan fingerprint density at radius 3 is 2.54 bits per heavy atom. The second kappa shape index (κ2) is 7.36. The Bertz CT molecular complexity index is 770. The minimum Gasteiger partial charge on any atom is -0.465 e. The number of carbonyl (C=O) groups excluding carboxylic acids is 1. The minimum atomic E-state index is -1.36. The van der Waals surface area contributed by atoms with Crippen LogP contribution < -0.4 is 16.0 Å². The van der Waals surface area contributed by atoms with Crippen LogP contribution in [0.5, 0.6) is 0 Å². The summed E-state index contributed by atoms with van der Waals surface area (Å²) in [5, 5.41) is 15.8. The van der Waals surface area contributed by atoms with E-state index in [2.05, 4.69) is 15.6 Å². The highest BCUT2D eigenvalue weighted by molar-refractivity contribution is 5.99. The highest BCUT2D eigenvalue weighted by atomic mass is 19.1. The number of pyridine rings is 1. The van der Waals surface area contributed by atoms with Crippen LogP contribution in [0.4, 0.5) is 30.6 Å². The lowest BCUT2D eigenvalue weighted by atomic mass is 10.2. The van der Waals surface area contributed by atoms with Gasteiger partial charge in [-0.15, -0.1) is 0 Å². The number of carbonyl (C=O) groups is 2. The topological polar surface area (TPSA) is 103 Å². The summed E-state index contributed by atoms with van der Waals surface area (Å²) in [6, 6.07) is 3.70. The molecule has 1 aromatic carbocycles. The third-order valence-corrected chi connectivity index (χ3v) is 2.96. The Balaban J connectivity index is 2.21. The van der Waals surface area contributed by atoms with E-state index in [0.29, 0.717) is 11.4 Å². The van der Waals surface area contributed by atoms with Crippen molar-refractivity contribution < 1.29 is 23.5 Å². The molecule has 2 aromatic rings. The van der Waals surface area contributed by atoms with Crippen molar-refractivity contribution in [1.82, 2.24) is 10.3 Å². The first-order valence-electron chi connectivity index (χ1n) is 6.82. The maximum atomic E-state index is 13.5. The standard InChI is InChI=1S/C15H14F2N4O3/c1-8(19-15(23)24)14(22)21-13-5-9(16)2-3-12(13)20-11-4-10(17)6-18-7-11/h2-8,19-20H,1H3,(H,21,22)(H,23,24). The molecule has 0 aliphatic carbocycles. The van der Waals surface area contributed by atoms with Crippen molar-refractivity contribution in [1.29, 1.82) is 0 Å². The summed E-state index contributed by atoms with van der Waals surface area (Å²) in [5.74, 6) is -1.84. The second-order valence-corrected chi connectivity index (χ2v) is 4.87. The summed E-state index contributed by atoms with van der Waals surface area (Å²) in [6.07, 6.45) is 1.02. The van der Waals surface area contributed by atoms with Crippen molar-refractivity contribution in [3.8, 4) is 0 Å². The van der Waals surface area contributed by atoms with E-state index >= 15 is 0 Å². The number of carboxylic acid groups (broad SMARTS) is 1. The fourth-order valence-corrected chi connectivity index (χ4v) is 1.86. The van der Waals surface area contributed by atoms with Crippen molar-refractivity contribution in [2.45, 2.75) is 13.0 Å². The Labute approximate surface area is 135 Å². The fraction of sp³-hybridized carbons (Fsp3) is 0.133. The van der Waals surface area contributed by atoms with Gasteiger partial charge in [-0.3, -0.25) is 9.78 Å². The molecule has 4 N–H and O–H groups in total. The largest absolute Gasteiger partial charge is 0.465 e. The molecule has 0 radical (unpaired) electrons. The predicted molar refractivity (Wildman–Crippen MR) is 83.1 cm³/mol. The number of aromatic nitrogens is 1. The van der Waals surface area contributed by atoms with Crippen LogP contribution in [0.3, 0.4) is 0 Å². The van der Waals surface area contributed by atoms with Crippen LogP contribution in [0.1, 0.15) is 6.92 Å². The summed E-state index contributed by atoms with van der Waals surface area (Å²) in [6.45, 7) is 1.34. The first kappa shape index (κ1) is 17.1. The number of benzene rings is 1. The molecule has 0 aliphatic heterocycles. The molecule has 24 heavy (non-hydrogen) atoms. The van der Waals surface area contributed by atoms with E-state index in [4.69, 9.17) is 5.11 Å². The van der Waals surface area contributed by atoms with Gasteiger partial charge in [-0.25, -0.2) is 13.6 Å². The zero-order valence-electron chi connectivity index (χ0n) is 12.5. The monoisotopic (exact) mass is 336 g/mol. The van der Waals surface area contributed by atoms with Crippen LogP contribution in [-0.4, -0.2) is 28.1 Å². The molecule has 0 aliphatic rings. The number of anilines is 3. The van der Waals surface area contributed by atoms with Gasteiger partial charge in [0.05, 0.1) is 29.5 Å². The van der Waals surface area contributed by atoms with E-state index < -0.39 is 29.7 Å². The van der Waals surface area contributed by atoms with Gasteiger partial charge in [0.15, 0.2) is 0 Å². The lowest BCUT2D eigenvalue weighted by molar-refractivity contribution is -0.117. The zero-order valence-corrected chi connectivity index (χ0v) is 12.5. The molecule has 0 fully saturated rings. The number of nitrogens with one attached hydrogen (secondary N) is 3. The van der Waals surface area contributed by atoms with Crippen LogP contribution in [0.15, 0.2) is 36.7 Å². The summed E-state index contributed by atoms with van der Waals surface area (Å²) in [5.41, 5.74) is 0.664. The van der Waals surface area contributed by atoms with Crippen molar-refractivity contribution in [2.75, 3.05) is 10.6 Å². The van der Waals surface area contributed by atoms with Crippen LogP contribution in [-0.2, 0) is 4.79 Å². The Kier molecular flexibility index (Phi) is 5.25. The fourth-order valence-electron chi connectivity index (χ4n) is 1.86. The van der Waals surface area contributed by atoms with E-state index in [-0.39, 0.29) is 5.69 Å². The molecule has 1 atom stereocenters. The molecule has 0 saturated heterocycles. The smallest absolute Gasteiger partial charge is 0.405 e. The molecule has 7 nitrogen and oxygen atoms in total. The number of nitrogens with zero attached hydrogens (tertiary/aromatic N) is 1. The van der Waals surface area contributed by atoms with Crippen LogP contribution >= 0.6 is 0 Å². The lowest BCUT2D eigenvalue weighted by Crippen LogP contribution is -2.40. The molecule has 0 bridgehead atoms. The van der Waals surface area contributed by atoms with Crippen LogP contribution in [0.25, 0.3) is 0 Å². The van der Waals surface area contributed by atoms with Gasteiger partial charge in [0.2, 0.25) is 5.91 Å². The molecule has 0 spiro atoms. The van der Waals surface area contributed by atoms with E-state index in [0.717, 1.165) is 18.3 Å². The highest BCUT2D eigenvalue weighted by Crippen LogP contribution is 2.26. The maximum absolute atomic E-state index is 13.5. The third-order valence-electron chi connectivity index (χ3n) is 2.96. The summed E-state index contributed by atoms with van der Waals surface area (Å²) in [4.78, 5) is 26.2. The molecule has 1 heterocycles. The highest BCUT2D eigenvalue weighted by Gasteiger charge is 2.17. The molecule has 1 unspecified atom stereocenters. The normalized spacial score (nSPS) is 11.5. The maximum Gasteiger partial charge on any atom is 0.405 e. The van der Waals surface area contributed by atoms with Gasteiger partial charge in [-0.2, -0.15) is 0 Å². The van der Waals surface area contributed by atoms with E-state index in [1.165, 1.54) is 25.3 Å². The Hall–Kier alpha value is -3.23. The Morgan fingerprint density at radius 1 is 1.12 bits per heavy atom. The lowest BCUT2D eigenvalue weighted by Gasteiger charge is -2.16. The molecular weight excluding hydrogens is 322 g/mol. The van der Waals surface area contributed by atoms with Gasteiger partial charge in [-0.05, 0) is 25.1 Å². The van der Waals surface area contributed by atoms with Gasteiger partial charge < -0.3 is 21.1 Å². The average molecular weight is 336 g/mol. The van der Waals surface area contributed by atoms with Gasteiger partial charge in [-0.1, -0.05) is 0 Å². The first-order valence-corrected chi connectivity index (χ1v) is 6.82. The summed E-state index contributed by atoms with van der Waals surface area (Å²) >= 11 is 0. The number of hydrogen-bond acceptors (Lipinski definition) is 4. The van der Waals surface area contributed by atoms with Crippen molar-refractivity contribution in [3.05, 3.63) is 48.3 Å². The van der Waals surface area contributed by atoms with Gasteiger partial charge in [0.1, 0.15) is 17.7 Å². The summed E-state index contributed by atoms with van der Waals surface area (Å²) < 4.78 is 26.6. The quantitative estimate of drug-likeness (QED) is 0.672. The minimum absolute atomic E-state index is 0.0725. The van der Waals surface area contributed by atoms with Crippen molar-refractivity contribution in [3.63, 3.8) is 0 Å². The molecule has 1 aromatic heterocycles. The number of hydrogen-bond donors (Lipinski definition) is 4. The number of amides is 2. The molecule has 126 valence electrons. The molecule has 9 heteroatoms. The average Bonchev–Trinajstić information content (AvgIpc) is 2.49. The SMILES string of the molecule is CC(NC(=O)O)C(=O)Nc1cc(F)ccc1Nc1cncc(F)c1. The first-order chi connectivity index (χ1) is 11.3. The second-order valence-electron chi connectivity index (χ2n) is 4.87. The van der Waals surface area contributed by atoms with Gasteiger partial charge in [0, 0.05) is 6.07 Å². The van der Waals surface area contributed by atoms with Gasteiger partial charge >= 0.3 is 6.09 Å². The van der Waals surface area contributed by atoms with Gasteiger partial charge in [0.25, 0.3) is 0 Å². The molecule has 0 saturated carbocycles. The Morgan fingerprint density at radius 2 is 1.88 bits per heavy atom. The molecular formula is C15H14F2N4O3. The third kappa shape index (κ3) is 4.63. The molecule has 2 rings (SSSR count). The van der Waals surface area contributed by atoms with Crippen molar-refractivity contribution in [2.24, 2.45) is 0 Å². The summed E-state index contributed by atoms with van der Waals surface area (Å²) in [7, 11) is 0. The predicted octanol–water partition coefficient (Wildman–Crippen LogP) is 2.70. The van der Waals surface area contributed by atoms with E-state index in [1.54, 1.807) is 0 Å².